The van der Waals surface area contributed by atoms with E-state index >= 15 is 0 Å². The third kappa shape index (κ3) is 2.19. The van der Waals surface area contributed by atoms with E-state index in [1.54, 1.807) is 0 Å². The second kappa shape index (κ2) is 4.21. The predicted octanol–water partition coefficient (Wildman–Crippen LogP) is 0.117. The maximum absolute atomic E-state index is 5.53. The van der Waals surface area contributed by atoms with Crippen molar-refractivity contribution in [1.29, 1.82) is 0 Å². The first kappa shape index (κ1) is 8.48. The molecule has 0 amide bonds. The van der Waals surface area contributed by atoms with E-state index < -0.39 is 0 Å². The minimum atomic E-state index is 0.491. The van der Waals surface area contributed by atoms with Gasteiger partial charge < -0.3 is 15.4 Å². The molecule has 0 bridgehead atoms. The van der Waals surface area contributed by atoms with Crippen LogP contribution in [0.4, 0.5) is 0 Å². The van der Waals surface area contributed by atoms with Gasteiger partial charge in [0.15, 0.2) is 0 Å². The lowest BCUT2D eigenvalue weighted by Gasteiger charge is -2.14. The van der Waals surface area contributed by atoms with E-state index in [9.17, 15) is 0 Å². The Morgan fingerprint density at radius 3 is 3.08 bits per heavy atom. The minimum Gasteiger partial charge on any atom is -0.377 e. The fourth-order valence-electron chi connectivity index (χ4n) is 1.93. The summed E-state index contributed by atoms with van der Waals surface area (Å²) in [5.74, 6) is 0. The van der Waals surface area contributed by atoms with Gasteiger partial charge in [-0.25, -0.2) is 0 Å². The average Bonchev–Trinajstić information content (AvgIpc) is 2.74. The Hall–Kier alpha value is -0.120. The molecule has 0 spiro atoms. The Morgan fingerprint density at radius 2 is 2.42 bits per heavy atom. The van der Waals surface area contributed by atoms with Crippen LogP contribution in [0, 0.1) is 0 Å². The molecule has 2 aliphatic heterocycles. The van der Waals surface area contributed by atoms with Gasteiger partial charge in [-0.05, 0) is 25.8 Å². The van der Waals surface area contributed by atoms with Crippen molar-refractivity contribution in [3.63, 3.8) is 0 Å². The van der Waals surface area contributed by atoms with E-state index in [2.05, 4.69) is 10.6 Å². The molecule has 12 heavy (non-hydrogen) atoms. The zero-order valence-corrected chi connectivity index (χ0v) is 7.51. The number of hydrogen-bond donors (Lipinski definition) is 2. The van der Waals surface area contributed by atoms with Crippen LogP contribution in [-0.2, 0) is 4.74 Å². The molecule has 2 aliphatic rings. The van der Waals surface area contributed by atoms with Crippen molar-refractivity contribution in [3.8, 4) is 0 Å². The summed E-state index contributed by atoms with van der Waals surface area (Å²) in [6, 6.07) is 0.689. The van der Waals surface area contributed by atoms with E-state index in [1.165, 1.54) is 25.8 Å². The largest absolute Gasteiger partial charge is 0.377 e. The second-order valence-electron chi connectivity index (χ2n) is 3.73. The van der Waals surface area contributed by atoms with Gasteiger partial charge in [0.25, 0.3) is 0 Å². The normalized spacial score (nSPS) is 36.0. The van der Waals surface area contributed by atoms with Crippen molar-refractivity contribution in [2.45, 2.75) is 31.4 Å². The fraction of sp³-hybridized carbons (Fsp3) is 1.00. The molecule has 0 aromatic carbocycles. The maximum atomic E-state index is 5.53. The highest BCUT2D eigenvalue weighted by Gasteiger charge is 2.18. The zero-order valence-electron chi connectivity index (χ0n) is 7.51. The molecule has 2 fully saturated rings. The molecule has 0 aromatic rings. The van der Waals surface area contributed by atoms with Crippen molar-refractivity contribution in [2.75, 3.05) is 26.2 Å². The van der Waals surface area contributed by atoms with Gasteiger partial charge in [0, 0.05) is 25.7 Å². The molecule has 70 valence electrons. The molecule has 0 aromatic heterocycles. The van der Waals surface area contributed by atoms with Gasteiger partial charge in [0.1, 0.15) is 0 Å². The van der Waals surface area contributed by atoms with E-state index in [-0.39, 0.29) is 0 Å². The summed E-state index contributed by atoms with van der Waals surface area (Å²) in [5.41, 5.74) is 0. The fourth-order valence-corrected chi connectivity index (χ4v) is 1.93. The van der Waals surface area contributed by atoms with Gasteiger partial charge in [-0.15, -0.1) is 0 Å². The van der Waals surface area contributed by atoms with Crippen molar-refractivity contribution >= 4 is 0 Å². The van der Waals surface area contributed by atoms with Crippen LogP contribution in [0.25, 0.3) is 0 Å². The molecule has 2 heterocycles. The number of hydrogen-bond acceptors (Lipinski definition) is 3. The number of rotatable bonds is 3. The lowest BCUT2D eigenvalue weighted by molar-refractivity contribution is 0.108. The summed E-state index contributed by atoms with van der Waals surface area (Å²) in [5, 5.41) is 6.88. The Morgan fingerprint density at radius 1 is 1.42 bits per heavy atom. The summed E-state index contributed by atoms with van der Waals surface area (Å²) in [4.78, 5) is 0. The van der Waals surface area contributed by atoms with Gasteiger partial charge in [-0.1, -0.05) is 0 Å². The molecular formula is C9H18N2O. The lowest BCUT2D eigenvalue weighted by atomic mass is 10.2. The predicted molar refractivity (Wildman–Crippen MR) is 48.3 cm³/mol. The molecule has 2 atom stereocenters. The Bertz CT molecular complexity index is 112. The first-order valence-corrected chi connectivity index (χ1v) is 5.01. The van der Waals surface area contributed by atoms with Crippen molar-refractivity contribution < 1.29 is 4.74 Å². The Labute approximate surface area is 73.9 Å². The van der Waals surface area contributed by atoms with Gasteiger partial charge in [0.2, 0.25) is 0 Å². The molecule has 3 heteroatoms. The highest BCUT2D eigenvalue weighted by molar-refractivity contribution is 4.79. The summed E-state index contributed by atoms with van der Waals surface area (Å²) >= 11 is 0. The molecule has 0 radical (unpaired) electrons. The third-order valence-electron chi connectivity index (χ3n) is 2.72. The highest BCUT2D eigenvalue weighted by atomic mass is 16.5. The van der Waals surface area contributed by atoms with E-state index in [1.807, 2.05) is 0 Å². The summed E-state index contributed by atoms with van der Waals surface area (Å²) in [7, 11) is 0. The second-order valence-corrected chi connectivity index (χ2v) is 3.73. The molecule has 0 unspecified atom stereocenters. The monoisotopic (exact) mass is 170 g/mol. The van der Waals surface area contributed by atoms with E-state index in [4.69, 9.17) is 4.74 Å². The average molecular weight is 170 g/mol. The number of nitrogens with one attached hydrogen (secondary N) is 2. The summed E-state index contributed by atoms with van der Waals surface area (Å²) in [6.45, 7) is 4.32. The quantitative estimate of drug-likeness (QED) is 0.631. The van der Waals surface area contributed by atoms with E-state index in [0.29, 0.717) is 12.1 Å². The third-order valence-corrected chi connectivity index (χ3v) is 2.72. The SMILES string of the molecule is C1CO[C@@H](CN[C@H]2CCNC2)C1. The van der Waals surface area contributed by atoms with Crippen LogP contribution in [0.15, 0.2) is 0 Å². The van der Waals surface area contributed by atoms with Gasteiger partial charge in [-0.2, -0.15) is 0 Å². The van der Waals surface area contributed by atoms with Gasteiger partial charge >= 0.3 is 0 Å². The maximum Gasteiger partial charge on any atom is 0.0700 e. The van der Waals surface area contributed by atoms with Crippen molar-refractivity contribution in [3.05, 3.63) is 0 Å². The molecule has 2 N–H and O–H groups in total. The Balaban J connectivity index is 1.60. The minimum absolute atomic E-state index is 0.491. The summed E-state index contributed by atoms with van der Waals surface area (Å²) < 4.78 is 5.53. The molecule has 0 saturated carbocycles. The first-order chi connectivity index (χ1) is 5.95. The molecule has 2 rings (SSSR count). The van der Waals surface area contributed by atoms with Crippen LogP contribution in [0.2, 0.25) is 0 Å². The van der Waals surface area contributed by atoms with Crippen LogP contribution in [0.3, 0.4) is 0 Å². The van der Waals surface area contributed by atoms with Crippen molar-refractivity contribution in [2.24, 2.45) is 0 Å². The smallest absolute Gasteiger partial charge is 0.0700 e. The zero-order chi connectivity index (χ0) is 8.23. The molecule has 0 aliphatic carbocycles. The number of ether oxygens (including phenoxy) is 1. The van der Waals surface area contributed by atoms with Gasteiger partial charge in [-0.3, -0.25) is 0 Å². The summed E-state index contributed by atoms with van der Waals surface area (Å²) in [6.07, 6.45) is 4.25. The standard InChI is InChI=1S/C9H18N2O/c1-2-9(12-5-1)7-11-8-3-4-10-6-8/h8-11H,1-7H2/t8-,9+/m0/s1. The van der Waals surface area contributed by atoms with Gasteiger partial charge in [0.05, 0.1) is 6.10 Å². The van der Waals surface area contributed by atoms with Crippen LogP contribution >= 0.6 is 0 Å². The van der Waals surface area contributed by atoms with Crippen molar-refractivity contribution in [1.82, 2.24) is 10.6 Å². The highest BCUT2D eigenvalue weighted by Crippen LogP contribution is 2.11. The van der Waals surface area contributed by atoms with Crippen LogP contribution in [-0.4, -0.2) is 38.4 Å². The molecule has 2 saturated heterocycles. The van der Waals surface area contributed by atoms with Crippen LogP contribution < -0.4 is 10.6 Å². The van der Waals surface area contributed by atoms with Crippen LogP contribution in [0.5, 0.6) is 0 Å². The first-order valence-electron chi connectivity index (χ1n) is 5.01. The topological polar surface area (TPSA) is 33.3 Å². The lowest BCUT2D eigenvalue weighted by Crippen LogP contribution is -2.36. The van der Waals surface area contributed by atoms with Crippen LogP contribution in [0.1, 0.15) is 19.3 Å². The molecular weight excluding hydrogens is 152 g/mol. The molecule has 3 nitrogen and oxygen atoms in total. The Kier molecular flexibility index (Phi) is 2.98. The van der Waals surface area contributed by atoms with E-state index in [0.717, 1.165) is 19.7 Å².